The third-order valence-corrected chi connectivity index (χ3v) is 4.63. The van der Waals surface area contributed by atoms with E-state index in [9.17, 15) is 0 Å². The predicted molar refractivity (Wildman–Crippen MR) is 95.4 cm³/mol. The smallest absolute Gasteiger partial charge is 0.196 e. The zero-order valence-corrected chi connectivity index (χ0v) is 15.6. The molecule has 0 N–H and O–H groups in total. The van der Waals surface area contributed by atoms with Gasteiger partial charge in [-0.05, 0) is 50.3 Å². The molecule has 1 atom stereocenters. The lowest BCUT2D eigenvalue weighted by Crippen LogP contribution is -2.19. The molecule has 0 heterocycles. The molecule has 0 radical (unpaired) electrons. The van der Waals surface area contributed by atoms with Gasteiger partial charge < -0.3 is 18.9 Å². The first kappa shape index (κ1) is 19.2. The molecule has 0 spiro atoms. The van der Waals surface area contributed by atoms with E-state index in [4.69, 9.17) is 18.9 Å². The lowest BCUT2D eigenvalue weighted by molar-refractivity contribution is -0.0633. The standard InChI is InChI=1S/C20H32O4/c1-5-23-15(2)24-20-18(13-21-3)11-17(12-19(20)14-22-4)16-9-7-6-8-10-16/h11-12,15-16H,5-10,13-14H2,1-4H3. The summed E-state index contributed by atoms with van der Waals surface area (Å²) in [5, 5.41) is 0. The second kappa shape index (κ2) is 10.0. The molecule has 0 saturated heterocycles. The van der Waals surface area contributed by atoms with E-state index >= 15 is 0 Å². The maximum absolute atomic E-state index is 6.08. The Labute approximate surface area is 146 Å². The molecule has 0 aliphatic heterocycles. The number of benzene rings is 1. The molecular weight excluding hydrogens is 304 g/mol. The van der Waals surface area contributed by atoms with Crippen molar-refractivity contribution >= 4 is 0 Å². The molecule has 1 aliphatic rings. The van der Waals surface area contributed by atoms with E-state index in [1.807, 2.05) is 13.8 Å². The van der Waals surface area contributed by atoms with Gasteiger partial charge in [0.2, 0.25) is 0 Å². The molecule has 0 bridgehead atoms. The minimum atomic E-state index is -0.290. The summed E-state index contributed by atoms with van der Waals surface area (Å²) in [6, 6.07) is 4.51. The quantitative estimate of drug-likeness (QED) is 0.608. The maximum atomic E-state index is 6.08. The topological polar surface area (TPSA) is 36.9 Å². The van der Waals surface area contributed by atoms with Crippen LogP contribution in [0.2, 0.25) is 0 Å². The van der Waals surface area contributed by atoms with Crippen LogP contribution in [0.5, 0.6) is 5.75 Å². The fraction of sp³-hybridized carbons (Fsp3) is 0.700. The van der Waals surface area contributed by atoms with Gasteiger partial charge in [-0.15, -0.1) is 0 Å². The largest absolute Gasteiger partial charge is 0.465 e. The maximum Gasteiger partial charge on any atom is 0.196 e. The van der Waals surface area contributed by atoms with Crippen molar-refractivity contribution in [3.63, 3.8) is 0 Å². The third-order valence-electron chi connectivity index (χ3n) is 4.63. The molecule has 0 aromatic heterocycles. The van der Waals surface area contributed by atoms with Crippen molar-refractivity contribution in [3.05, 3.63) is 28.8 Å². The number of hydrogen-bond donors (Lipinski definition) is 0. The summed E-state index contributed by atoms with van der Waals surface area (Å²) < 4.78 is 22.5. The lowest BCUT2D eigenvalue weighted by Gasteiger charge is -2.26. The van der Waals surface area contributed by atoms with E-state index < -0.39 is 0 Å². The van der Waals surface area contributed by atoms with Gasteiger partial charge in [0.1, 0.15) is 5.75 Å². The lowest BCUT2D eigenvalue weighted by atomic mass is 9.83. The highest BCUT2D eigenvalue weighted by Crippen LogP contribution is 2.37. The van der Waals surface area contributed by atoms with Crippen molar-refractivity contribution in [1.29, 1.82) is 0 Å². The van der Waals surface area contributed by atoms with Crippen LogP contribution in [-0.4, -0.2) is 27.1 Å². The highest BCUT2D eigenvalue weighted by molar-refractivity contribution is 5.45. The van der Waals surface area contributed by atoms with Crippen LogP contribution in [-0.2, 0) is 27.4 Å². The van der Waals surface area contributed by atoms with Gasteiger partial charge >= 0.3 is 0 Å². The molecule has 1 unspecified atom stereocenters. The zero-order chi connectivity index (χ0) is 17.4. The van der Waals surface area contributed by atoms with Crippen molar-refractivity contribution in [1.82, 2.24) is 0 Å². The molecule has 1 aromatic carbocycles. The van der Waals surface area contributed by atoms with Gasteiger partial charge in [0, 0.05) is 32.0 Å². The summed E-state index contributed by atoms with van der Waals surface area (Å²) in [7, 11) is 3.44. The van der Waals surface area contributed by atoms with Crippen molar-refractivity contribution in [3.8, 4) is 5.75 Å². The minimum Gasteiger partial charge on any atom is -0.465 e. The average Bonchev–Trinajstić information content (AvgIpc) is 2.59. The fourth-order valence-electron chi connectivity index (χ4n) is 3.56. The Morgan fingerprint density at radius 3 is 2.08 bits per heavy atom. The van der Waals surface area contributed by atoms with Crippen LogP contribution in [0.1, 0.15) is 68.6 Å². The van der Waals surface area contributed by atoms with Crippen LogP contribution < -0.4 is 4.74 Å². The first-order chi connectivity index (χ1) is 11.7. The first-order valence-electron chi connectivity index (χ1n) is 9.11. The SMILES string of the molecule is CCOC(C)Oc1c(COC)cc(C2CCCCC2)cc1COC. The molecule has 24 heavy (non-hydrogen) atoms. The van der Waals surface area contributed by atoms with Crippen molar-refractivity contribution < 1.29 is 18.9 Å². The summed E-state index contributed by atoms with van der Waals surface area (Å²) in [5.74, 6) is 1.49. The number of ether oxygens (including phenoxy) is 4. The van der Waals surface area contributed by atoms with Gasteiger partial charge in [0.25, 0.3) is 0 Å². The van der Waals surface area contributed by atoms with Gasteiger partial charge in [-0.25, -0.2) is 0 Å². The number of rotatable bonds is 9. The highest BCUT2D eigenvalue weighted by Gasteiger charge is 2.21. The van der Waals surface area contributed by atoms with E-state index in [1.54, 1.807) is 14.2 Å². The average molecular weight is 336 g/mol. The highest BCUT2D eigenvalue weighted by atomic mass is 16.7. The molecule has 1 aromatic rings. The molecule has 4 nitrogen and oxygen atoms in total. The summed E-state index contributed by atoms with van der Waals surface area (Å²) in [6.07, 6.45) is 6.26. The first-order valence-corrected chi connectivity index (χ1v) is 9.11. The van der Waals surface area contributed by atoms with E-state index in [0.717, 1.165) is 16.9 Å². The van der Waals surface area contributed by atoms with Crippen molar-refractivity contribution in [2.45, 2.75) is 71.4 Å². The second-order valence-corrected chi connectivity index (χ2v) is 6.51. The van der Waals surface area contributed by atoms with Crippen LogP contribution in [0.15, 0.2) is 12.1 Å². The summed E-state index contributed by atoms with van der Waals surface area (Å²) in [5.41, 5.74) is 3.56. The Morgan fingerprint density at radius 2 is 1.58 bits per heavy atom. The molecule has 136 valence electrons. The van der Waals surface area contributed by atoms with Crippen molar-refractivity contribution in [2.75, 3.05) is 20.8 Å². The van der Waals surface area contributed by atoms with Crippen molar-refractivity contribution in [2.24, 2.45) is 0 Å². The number of hydrogen-bond acceptors (Lipinski definition) is 4. The van der Waals surface area contributed by atoms with Crippen LogP contribution in [0.4, 0.5) is 0 Å². The second-order valence-electron chi connectivity index (χ2n) is 6.51. The van der Waals surface area contributed by atoms with Gasteiger partial charge in [-0.1, -0.05) is 19.3 Å². The molecule has 1 fully saturated rings. The van der Waals surface area contributed by atoms with Gasteiger partial charge in [-0.3, -0.25) is 0 Å². The van der Waals surface area contributed by atoms with Crippen LogP contribution in [0.25, 0.3) is 0 Å². The molecule has 0 amide bonds. The van der Waals surface area contributed by atoms with E-state index in [0.29, 0.717) is 25.7 Å². The molecule has 4 heteroatoms. The summed E-state index contributed by atoms with van der Waals surface area (Å²) >= 11 is 0. The monoisotopic (exact) mass is 336 g/mol. The minimum absolute atomic E-state index is 0.290. The number of methoxy groups -OCH3 is 2. The van der Waals surface area contributed by atoms with E-state index in [2.05, 4.69) is 12.1 Å². The third kappa shape index (κ3) is 5.20. The van der Waals surface area contributed by atoms with Crippen LogP contribution >= 0.6 is 0 Å². The Bertz CT molecular complexity index is 467. The van der Waals surface area contributed by atoms with E-state index in [-0.39, 0.29) is 6.29 Å². The molecule has 1 saturated carbocycles. The predicted octanol–water partition coefficient (Wildman–Crippen LogP) is 4.79. The van der Waals surface area contributed by atoms with Gasteiger partial charge in [0.15, 0.2) is 6.29 Å². The Balaban J connectivity index is 2.34. The van der Waals surface area contributed by atoms with Gasteiger partial charge in [0.05, 0.1) is 13.2 Å². The normalized spacial score (nSPS) is 17.0. The van der Waals surface area contributed by atoms with E-state index in [1.165, 1.54) is 37.7 Å². The summed E-state index contributed by atoms with van der Waals surface area (Å²) in [6.45, 7) is 5.58. The Morgan fingerprint density at radius 1 is 1.00 bits per heavy atom. The Hall–Kier alpha value is -1.10. The van der Waals surface area contributed by atoms with Gasteiger partial charge in [-0.2, -0.15) is 0 Å². The fourth-order valence-corrected chi connectivity index (χ4v) is 3.56. The van der Waals surface area contributed by atoms with Crippen LogP contribution in [0.3, 0.4) is 0 Å². The molecular formula is C20H32O4. The zero-order valence-electron chi connectivity index (χ0n) is 15.6. The summed E-state index contributed by atoms with van der Waals surface area (Å²) in [4.78, 5) is 0. The molecule has 2 rings (SSSR count). The van der Waals surface area contributed by atoms with Crippen LogP contribution in [0, 0.1) is 0 Å². The molecule has 1 aliphatic carbocycles. The Kier molecular flexibility index (Phi) is 8.03.